The van der Waals surface area contributed by atoms with Crippen LogP contribution in [0.5, 0.6) is 0 Å². The van der Waals surface area contributed by atoms with Crippen molar-refractivity contribution in [3.63, 3.8) is 0 Å². The van der Waals surface area contributed by atoms with Gasteiger partial charge in [-0.15, -0.1) is 0 Å². The molecule has 0 aliphatic carbocycles. The monoisotopic (exact) mass is 486 g/mol. The normalized spacial score (nSPS) is 10.7. The summed E-state index contributed by atoms with van der Waals surface area (Å²) in [4.78, 5) is 12.5. The highest BCUT2D eigenvalue weighted by atomic mass is 35.5. The zero-order valence-electron chi connectivity index (χ0n) is 16.4. The maximum atomic E-state index is 12.5. The molecule has 9 heteroatoms. The zero-order valence-corrected chi connectivity index (χ0v) is 18.7. The highest BCUT2D eigenvalue weighted by Crippen LogP contribution is 2.31. The number of aliphatic hydroxyl groups excluding tert-OH is 1. The minimum absolute atomic E-state index is 0.0861. The second-order valence-electron chi connectivity index (χ2n) is 6.70. The van der Waals surface area contributed by atoms with E-state index in [2.05, 4.69) is 10.6 Å². The van der Waals surface area contributed by atoms with Crippen molar-refractivity contribution in [1.29, 1.82) is 0 Å². The molecule has 0 radical (unpaired) electrons. The van der Waals surface area contributed by atoms with E-state index in [4.69, 9.17) is 49.4 Å². The smallest absolute Gasteiger partial charge is 0.293 e. The Kier molecular flexibility index (Phi) is 6.62. The van der Waals surface area contributed by atoms with E-state index >= 15 is 0 Å². The lowest BCUT2D eigenvalue weighted by Gasteiger charge is -2.09. The van der Waals surface area contributed by atoms with Crippen LogP contribution in [0.1, 0.15) is 16.3 Å². The Labute approximate surface area is 198 Å². The van der Waals surface area contributed by atoms with Crippen molar-refractivity contribution in [1.82, 2.24) is 5.32 Å². The molecular formula is C23H16Cl2N2O4S. The molecule has 0 saturated heterocycles. The summed E-state index contributed by atoms with van der Waals surface area (Å²) in [6.07, 6.45) is 0. The van der Waals surface area contributed by atoms with Crippen LogP contribution in [0.25, 0.3) is 22.6 Å². The second kappa shape index (κ2) is 9.58. The lowest BCUT2D eigenvalue weighted by Crippen LogP contribution is -2.33. The summed E-state index contributed by atoms with van der Waals surface area (Å²) >= 11 is 17.3. The van der Waals surface area contributed by atoms with Gasteiger partial charge < -0.3 is 19.3 Å². The van der Waals surface area contributed by atoms with Crippen molar-refractivity contribution in [3.8, 4) is 22.6 Å². The highest BCUT2D eigenvalue weighted by Gasteiger charge is 2.15. The number of rotatable bonds is 5. The molecule has 6 nitrogen and oxygen atoms in total. The van der Waals surface area contributed by atoms with Crippen molar-refractivity contribution in [3.05, 3.63) is 88.3 Å². The largest absolute Gasteiger partial charge is 0.459 e. The number of hydrogen-bond donors (Lipinski definition) is 3. The molecule has 0 saturated carbocycles. The number of benzene rings is 2. The van der Waals surface area contributed by atoms with Gasteiger partial charge in [0.15, 0.2) is 10.9 Å². The molecule has 0 spiro atoms. The van der Waals surface area contributed by atoms with Crippen LogP contribution in [-0.2, 0) is 6.61 Å². The molecular weight excluding hydrogens is 471 g/mol. The quantitative estimate of drug-likeness (QED) is 0.294. The number of carbonyl (C=O) groups excluding carboxylic acids is 1. The average Bonchev–Trinajstić information content (AvgIpc) is 3.44. The molecule has 3 N–H and O–H groups in total. The summed E-state index contributed by atoms with van der Waals surface area (Å²) < 4.78 is 11.1. The van der Waals surface area contributed by atoms with E-state index in [1.54, 1.807) is 48.5 Å². The number of nitrogens with one attached hydrogen (secondary N) is 2. The SMILES string of the molecule is O=C(NC(=S)Nc1ccc(-c2ccc(CO)o2)cc1)c1ccc(-c2ccc(Cl)cc2Cl)o1. The topological polar surface area (TPSA) is 87.6 Å². The number of amides is 1. The summed E-state index contributed by atoms with van der Waals surface area (Å²) in [5, 5.41) is 15.7. The maximum Gasteiger partial charge on any atom is 0.293 e. The van der Waals surface area contributed by atoms with Crippen LogP contribution in [0.2, 0.25) is 10.0 Å². The molecule has 2 aromatic carbocycles. The Hall–Kier alpha value is -3.10. The van der Waals surface area contributed by atoms with Gasteiger partial charge >= 0.3 is 0 Å². The van der Waals surface area contributed by atoms with Gasteiger partial charge in [0, 0.05) is 21.8 Å². The highest BCUT2D eigenvalue weighted by molar-refractivity contribution is 7.80. The van der Waals surface area contributed by atoms with E-state index < -0.39 is 5.91 Å². The van der Waals surface area contributed by atoms with Gasteiger partial charge in [0.1, 0.15) is 23.9 Å². The van der Waals surface area contributed by atoms with Crippen molar-refractivity contribution in [2.75, 3.05) is 5.32 Å². The molecule has 0 aliphatic rings. The van der Waals surface area contributed by atoms with E-state index in [1.165, 1.54) is 6.07 Å². The van der Waals surface area contributed by atoms with Gasteiger partial charge in [-0.2, -0.15) is 0 Å². The first-order valence-electron chi connectivity index (χ1n) is 9.40. The molecule has 0 fully saturated rings. The van der Waals surface area contributed by atoms with Gasteiger partial charge in [-0.05, 0) is 78.9 Å². The number of furan rings is 2. The number of aliphatic hydroxyl groups is 1. The van der Waals surface area contributed by atoms with Gasteiger partial charge in [0.2, 0.25) is 0 Å². The Morgan fingerprint density at radius 3 is 2.38 bits per heavy atom. The zero-order chi connectivity index (χ0) is 22.7. The number of carbonyl (C=O) groups is 1. The number of hydrogen-bond acceptors (Lipinski definition) is 5. The molecule has 0 atom stereocenters. The van der Waals surface area contributed by atoms with Gasteiger partial charge in [-0.25, -0.2) is 0 Å². The van der Waals surface area contributed by atoms with E-state index in [0.717, 1.165) is 5.56 Å². The summed E-state index contributed by atoms with van der Waals surface area (Å²) in [6.45, 7) is -0.155. The van der Waals surface area contributed by atoms with Crippen molar-refractivity contribution in [2.45, 2.75) is 6.61 Å². The van der Waals surface area contributed by atoms with Crippen LogP contribution in [-0.4, -0.2) is 16.1 Å². The van der Waals surface area contributed by atoms with E-state index in [0.29, 0.717) is 38.6 Å². The van der Waals surface area contributed by atoms with Crippen LogP contribution >= 0.6 is 35.4 Å². The molecule has 4 aromatic rings. The van der Waals surface area contributed by atoms with Crippen LogP contribution < -0.4 is 10.6 Å². The van der Waals surface area contributed by atoms with Crippen molar-refractivity contribution in [2.24, 2.45) is 0 Å². The third-order valence-electron chi connectivity index (χ3n) is 4.50. The van der Waals surface area contributed by atoms with Gasteiger partial charge in [-0.3, -0.25) is 10.1 Å². The fourth-order valence-electron chi connectivity index (χ4n) is 2.96. The first-order valence-corrected chi connectivity index (χ1v) is 10.6. The first kappa shape index (κ1) is 22.1. The fourth-order valence-corrected chi connectivity index (χ4v) is 3.67. The minimum atomic E-state index is -0.498. The van der Waals surface area contributed by atoms with Crippen molar-refractivity contribution < 1.29 is 18.7 Å². The lowest BCUT2D eigenvalue weighted by molar-refractivity contribution is 0.0951. The summed E-state index contributed by atoms with van der Waals surface area (Å²) in [5.41, 5.74) is 2.15. The number of halogens is 2. The van der Waals surface area contributed by atoms with Crippen LogP contribution in [0.15, 0.2) is 75.6 Å². The standard InChI is InChI=1S/C23H16Cl2N2O4S/c24-14-3-7-17(18(25)11-14)20-9-10-21(31-20)22(29)27-23(32)26-15-4-1-13(2-5-15)19-8-6-16(12-28)30-19/h1-11,28H,12H2,(H2,26,27,29,32). The molecule has 4 rings (SSSR count). The van der Waals surface area contributed by atoms with Gasteiger partial charge in [-0.1, -0.05) is 23.2 Å². The Balaban J connectivity index is 1.38. The predicted molar refractivity (Wildman–Crippen MR) is 128 cm³/mol. The van der Waals surface area contributed by atoms with Crippen LogP contribution in [0.4, 0.5) is 5.69 Å². The van der Waals surface area contributed by atoms with E-state index in [-0.39, 0.29) is 17.5 Å². The summed E-state index contributed by atoms with van der Waals surface area (Å²) in [6, 6.07) is 18.9. The van der Waals surface area contributed by atoms with Gasteiger partial charge in [0.05, 0.1) is 5.02 Å². The molecule has 2 heterocycles. The Morgan fingerprint density at radius 1 is 0.938 bits per heavy atom. The van der Waals surface area contributed by atoms with E-state index in [9.17, 15) is 4.79 Å². The second-order valence-corrected chi connectivity index (χ2v) is 7.95. The van der Waals surface area contributed by atoms with Gasteiger partial charge in [0.25, 0.3) is 5.91 Å². The molecule has 0 unspecified atom stereocenters. The fraction of sp³-hybridized carbons (Fsp3) is 0.0435. The van der Waals surface area contributed by atoms with E-state index in [1.807, 2.05) is 12.1 Å². The molecule has 32 heavy (non-hydrogen) atoms. The third kappa shape index (κ3) is 5.03. The molecule has 162 valence electrons. The minimum Gasteiger partial charge on any atom is -0.459 e. The van der Waals surface area contributed by atoms with Crippen LogP contribution in [0.3, 0.4) is 0 Å². The molecule has 2 aromatic heterocycles. The maximum absolute atomic E-state index is 12.5. The summed E-state index contributed by atoms with van der Waals surface area (Å²) in [7, 11) is 0. The number of thiocarbonyl (C=S) groups is 1. The van der Waals surface area contributed by atoms with Crippen molar-refractivity contribution >= 4 is 52.1 Å². The molecule has 0 bridgehead atoms. The Bertz CT molecular complexity index is 1280. The van der Waals surface area contributed by atoms with Crippen LogP contribution in [0, 0.1) is 0 Å². The lowest BCUT2D eigenvalue weighted by atomic mass is 10.1. The molecule has 0 aliphatic heterocycles. The summed E-state index contributed by atoms with van der Waals surface area (Å²) in [5.74, 6) is 1.16. The third-order valence-corrected chi connectivity index (χ3v) is 5.25. The Morgan fingerprint density at radius 2 is 1.69 bits per heavy atom. The number of anilines is 1. The average molecular weight is 487 g/mol. The molecule has 1 amide bonds. The first-order chi connectivity index (χ1) is 15.4. The predicted octanol–water partition coefficient (Wildman–Crippen LogP) is 6.13.